The van der Waals surface area contributed by atoms with Crippen LogP contribution in [0.25, 0.3) is 22.4 Å². The van der Waals surface area contributed by atoms with E-state index in [1.165, 1.54) is 0 Å². The Morgan fingerprint density at radius 3 is 2.85 bits per heavy atom. The van der Waals surface area contributed by atoms with E-state index in [-0.39, 0.29) is 11.7 Å². The number of methoxy groups -OCH3 is 1. The predicted octanol–water partition coefficient (Wildman–Crippen LogP) is 1.86. The molecule has 0 aliphatic heterocycles. The Labute approximate surface area is 148 Å². The number of imidazole rings is 1. The first kappa shape index (κ1) is 15.3. The first-order valence-corrected chi connectivity index (χ1v) is 8.59. The number of fused-ring (bicyclic) bond motifs is 3. The summed E-state index contributed by atoms with van der Waals surface area (Å²) in [6, 6.07) is 7.52. The maximum absolute atomic E-state index is 12.8. The molecule has 1 saturated carbocycles. The van der Waals surface area contributed by atoms with Crippen molar-refractivity contribution in [2.24, 2.45) is 13.0 Å². The van der Waals surface area contributed by atoms with Crippen LogP contribution in [0.3, 0.4) is 0 Å². The van der Waals surface area contributed by atoms with E-state index in [1.54, 1.807) is 35.9 Å². The zero-order valence-electron chi connectivity index (χ0n) is 14.5. The van der Waals surface area contributed by atoms with Crippen LogP contribution in [0.1, 0.15) is 24.6 Å². The van der Waals surface area contributed by atoms with Gasteiger partial charge in [0.1, 0.15) is 12.4 Å². The Balaban J connectivity index is 1.80. The van der Waals surface area contributed by atoms with Crippen LogP contribution in [0.15, 0.2) is 41.6 Å². The lowest BCUT2D eigenvalue weighted by Crippen LogP contribution is -2.21. The number of hydrogen-bond donors (Lipinski definition) is 0. The third-order valence-electron chi connectivity index (χ3n) is 5.11. The monoisotopic (exact) mass is 350 g/mol. The zero-order valence-corrected chi connectivity index (χ0v) is 14.5. The van der Waals surface area contributed by atoms with Crippen molar-refractivity contribution < 1.29 is 4.74 Å². The number of benzene rings is 1. The summed E-state index contributed by atoms with van der Waals surface area (Å²) in [5, 5.41) is 8.96. The van der Waals surface area contributed by atoms with Gasteiger partial charge in [-0.05, 0) is 30.9 Å². The van der Waals surface area contributed by atoms with Gasteiger partial charge in [-0.1, -0.05) is 17.3 Å². The lowest BCUT2D eigenvalue weighted by molar-refractivity contribution is 0.0789. The van der Waals surface area contributed by atoms with E-state index in [9.17, 15) is 4.79 Å². The molecule has 1 aromatic carbocycles. The first-order valence-electron chi connectivity index (χ1n) is 8.59. The molecule has 26 heavy (non-hydrogen) atoms. The van der Waals surface area contributed by atoms with Gasteiger partial charge in [-0.2, -0.15) is 4.68 Å². The van der Waals surface area contributed by atoms with Gasteiger partial charge >= 0.3 is 0 Å². The SMILES string of the molecule is COC(c1cnnn1-c1ncn2c3ccccc3c(=O)n(C)c12)C1CC1. The predicted molar refractivity (Wildman–Crippen MR) is 95.3 cm³/mol. The summed E-state index contributed by atoms with van der Waals surface area (Å²) in [6.45, 7) is 0. The highest BCUT2D eigenvalue weighted by molar-refractivity contribution is 5.82. The lowest BCUT2D eigenvalue weighted by atomic mass is 10.2. The molecule has 3 heterocycles. The number of nitrogens with zero attached hydrogens (tertiary/aromatic N) is 6. The molecule has 5 rings (SSSR count). The molecule has 0 saturated heterocycles. The molecule has 1 atom stereocenters. The second kappa shape index (κ2) is 5.50. The van der Waals surface area contributed by atoms with Gasteiger partial charge in [-0.15, -0.1) is 5.10 Å². The number of aromatic nitrogens is 6. The largest absolute Gasteiger partial charge is 0.375 e. The Morgan fingerprint density at radius 1 is 1.27 bits per heavy atom. The van der Waals surface area contributed by atoms with E-state index in [0.29, 0.717) is 22.8 Å². The summed E-state index contributed by atoms with van der Waals surface area (Å²) in [5.41, 5.74) is 2.28. The smallest absolute Gasteiger partial charge is 0.261 e. The van der Waals surface area contributed by atoms with E-state index >= 15 is 0 Å². The molecular weight excluding hydrogens is 332 g/mol. The fourth-order valence-corrected chi connectivity index (χ4v) is 3.67. The van der Waals surface area contributed by atoms with Crippen molar-refractivity contribution in [3.63, 3.8) is 0 Å². The quantitative estimate of drug-likeness (QED) is 0.561. The zero-order chi connectivity index (χ0) is 17.8. The molecule has 132 valence electrons. The minimum atomic E-state index is -0.0702. The van der Waals surface area contributed by atoms with Crippen molar-refractivity contribution in [1.82, 2.24) is 28.9 Å². The number of aryl methyl sites for hydroxylation is 1. The maximum Gasteiger partial charge on any atom is 0.261 e. The second-order valence-electron chi connectivity index (χ2n) is 6.71. The lowest BCUT2D eigenvalue weighted by Gasteiger charge is -2.15. The van der Waals surface area contributed by atoms with Gasteiger partial charge in [0.2, 0.25) is 0 Å². The van der Waals surface area contributed by atoms with Crippen LogP contribution in [0.4, 0.5) is 0 Å². The summed E-state index contributed by atoms with van der Waals surface area (Å²) in [5.74, 6) is 1.06. The van der Waals surface area contributed by atoms with Gasteiger partial charge in [0, 0.05) is 14.2 Å². The van der Waals surface area contributed by atoms with Crippen molar-refractivity contribution >= 4 is 16.6 Å². The summed E-state index contributed by atoms with van der Waals surface area (Å²) in [7, 11) is 3.45. The van der Waals surface area contributed by atoms with Crippen LogP contribution < -0.4 is 5.56 Å². The van der Waals surface area contributed by atoms with Gasteiger partial charge in [0.25, 0.3) is 5.56 Å². The number of hydrogen-bond acceptors (Lipinski definition) is 5. The average Bonchev–Trinajstić information content (AvgIpc) is 3.21. The highest BCUT2D eigenvalue weighted by Crippen LogP contribution is 2.43. The fraction of sp³-hybridized carbons (Fsp3) is 0.333. The van der Waals surface area contributed by atoms with Crippen molar-refractivity contribution in [2.45, 2.75) is 18.9 Å². The third kappa shape index (κ3) is 2.05. The Bertz CT molecular complexity index is 1180. The highest BCUT2D eigenvalue weighted by Gasteiger charge is 2.35. The Hall–Kier alpha value is -3.00. The summed E-state index contributed by atoms with van der Waals surface area (Å²) in [6.07, 6.45) is 5.64. The van der Waals surface area contributed by atoms with Crippen LogP contribution in [0.5, 0.6) is 0 Å². The van der Waals surface area contributed by atoms with E-state index in [2.05, 4.69) is 15.3 Å². The summed E-state index contributed by atoms with van der Waals surface area (Å²) in [4.78, 5) is 17.4. The summed E-state index contributed by atoms with van der Waals surface area (Å²) >= 11 is 0. The molecule has 8 heteroatoms. The Kier molecular flexibility index (Phi) is 3.23. The Morgan fingerprint density at radius 2 is 2.08 bits per heavy atom. The molecule has 1 aliphatic rings. The standard InChI is InChI=1S/C18H18N6O2/c1-22-17-16(24-14(9-20-21-24)15(26-2)11-7-8-11)19-10-23(17)13-6-4-3-5-12(13)18(22)25/h3-6,9-11,15H,7-8H2,1-2H3. The van der Waals surface area contributed by atoms with Crippen LogP contribution >= 0.6 is 0 Å². The first-order chi connectivity index (χ1) is 12.7. The molecule has 4 aromatic rings. The maximum atomic E-state index is 12.8. The third-order valence-corrected chi connectivity index (χ3v) is 5.11. The van der Waals surface area contributed by atoms with Crippen molar-refractivity contribution in [2.75, 3.05) is 7.11 Å². The molecule has 1 unspecified atom stereocenters. The van der Waals surface area contributed by atoms with Crippen molar-refractivity contribution in [1.29, 1.82) is 0 Å². The summed E-state index contributed by atoms with van der Waals surface area (Å²) < 4.78 is 10.9. The minimum absolute atomic E-state index is 0.0676. The van der Waals surface area contributed by atoms with Gasteiger partial charge in [0.15, 0.2) is 11.5 Å². The average molecular weight is 350 g/mol. The van der Waals surface area contributed by atoms with E-state index in [0.717, 1.165) is 24.1 Å². The normalized spacial score (nSPS) is 15.8. The van der Waals surface area contributed by atoms with Gasteiger partial charge in [0.05, 0.1) is 22.8 Å². The fourth-order valence-electron chi connectivity index (χ4n) is 3.67. The molecule has 8 nitrogen and oxygen atoms in total. The topological polar surface area (TPSA) is 79.2 Å². The van der Waals surface area contributed by atoms with E-state index in [1.807, 2.05) is 28.7 Å². The van der Waals surface area contributed by atoms with Crippen LogP contribution in [0.2, 0.25) is 0 Å². The van der Waals surface area contributed by atoms with Crippen LogP contribution in [0, 0.1) is 5.92 Å². The molecular formula is C18H18N6O2. The molecule has 0 amide bonds. The van der Waals surface area contributed by atoms with Crippen molar-refractivity contribution in [3.8, 4) is 5.82 Å². The van der Waals surface area contributed by atoms with Crippen molar-refractivity contribution in [3.05, 3.63) is 52.8 Å². The molecule has 0 bridgehead atoms. The molecule has 1 aliphatic carbocycles. The van der Waals surface area contributed by atoms with E-state index in [4.69, 9.17) is 4.74 Å². The minimum Gasteiger partial charge on any atom is -0.375 e. The number of rotatable bonds is 4. The van der Waals surface area contributed by atoms with E-state index < -0.39 is 0 Å². The van der Waals surface area contributed by atoms with Gasteiger partial charge in [-0.3, -0.25) is 13.8 Å². The molecule has 0 spiro atoms. The van der Waals surface area contributed by atoms with Crippen LogP contribution in [-0.4, -0.2) is 36.1 Å². The molecule has 3 aromatic heterocycles. The van der Waals surface area contributed by atoms with Gasteiger partial charge in [-0.25, -0.2) is 4.98 Å². The number of para-hydroxylation sites is 1. The number of ether oxygens (including phenoxy) is 1. The molecule has 0 N–H and O–H groups in total. The van der Waals surface area contributed by atoms with Gasteiger partial charge < -0.3 is 4.74 Å². The molecule has 1 fully saturated rings. The van der Waals surface area contributed by atoms with Crippen LogP contribution in [-0.2, 0) is 11.8 Å². The molecule has 0 radical (unpaired) electrons. The highest BCUT2D eigenvalue weighted by atomic mass is 16.5. The second-order valence-corrected chi connectivity index (χ2v) is 6.71.